The molecular weight excluding hydrogens is 388 g/mol. The minimum absolute atomic E-state index is 0.00426. The second-order valence-corrected chi connectivity index (χ2v) is 7.08. The summed E-state index contributed by atoms with van der Waals surface area (Å²) >= 11 is 0. The lowest BCUT2D eigenvalue weighted by atomic mass is 10.1. The monoisotopic (exact) mass is 412 g/mol. The molecule has 3 heterocycles. The molecule has 2 aromatic heterocycles. The van der Waals surface area contributed by atoms with Crippen LogP contribution in [-0.2, 0) is 0 Å². The van der Waals surface area contributed by atoms with Crippen molar-refractivity contribution in [1.82, 2.24) is 14.9 Å². The van der Waals surface area contributed by atoms with Gasteiger partial charge in [0.1, 0.15) is 17.3 Å². The normalized spacial score (nSPS) is 13.3. The Balaban J connectivity index is 1.50. The number of carbonyl (C=O) groups is 1. The molecule has 0 atom stereocenters. The number of aromatic nitrogens is 2. The summed E-state index contributed by atoms with van der Waals surface area (Å²) < 4.78 is 5.71. The molecule has 4 rings (SSSR count). The minimum atomic E-state index is 0.00426. The summed E-state index contributed by atoms with van der Waals surface area (Å²) in [5.74, 6) is 7.79. The number of anilines is 1. The van der Waals surface area contributed by atoms with E-state index in [1.54, 1.807) is 12.4 Å². The molecule has 6 nitrogen and oxygen atoms in total. The number of pyridine rings is 2. The van der Waals surface area contributed by atoms with Crippen molar-refractivity contribution in [2.24, 2.45) is 0 Å². The van der Waals surface area contributed by atoms with E-state index in [1.807, 2.05) is 66.4 Å². The molecule has 0 N–H and O–H groups in total. The third-order valence-electron chi connectivity index (χ3n) is 5.06. The SMILES string of the molecule is CCOc1ccc(C(=O)N2CCN(c3ccccn3)CC2)cc1C#Cc1ccccn1. The van der Waals surface area contributed by atoms with E-state index in [-0.39, 0.29) is 5.91 Å². The van der Waals surface area contributed by atoms with Gasteiger partial charge in [0.25, 0.3) is 5.91 Å². The summed E-state index contributed by atoms with van der Waals surface area (Å²) in [4.78, 5) is 25.8. The first kappa shape index (κ1) is 20.4. The van der Waals surface area contributed by atoms with Crippen LogP contribution < -0.4 is 9.64 Å². The maximum absolute atomic E-state index is 13.1. The molecule has 1 aliphatic rings. The molecular formula is C25H24N4O2. The molecule has 0 unspecified atom stereocenters. The van der Waals surface area contributed by atoms with E-state index in [0.29, 0.717) is 42.3 Å². The Hall–Kier alpha value is -3.85. The van der Waals surface area contributed by atoms with Crippen LogP contribution in [0.4, 0.5) is 5.82 Å². The largest absolute Gasteiger partial charge is 0.493 e. The van der Waals surface area contributed by atoms with E-state index in [4.69, 9.17) is 4.74 Å². The zero-order valence-electron chi connectivity index (χ0n) is 17.5. The van der Waals surface area contributed by atoms with Crippen LogP contribution >= 0.6 is 0 Å². The lowest BCUT2D eigenvalue weighted by Gasteiger charge is -2.35. The van der Waals surface area contributed by atoms with Gasteiger partial charge in [-0.1, -0.05) is 18.1 Å². The minimum Gasteiger partial charge on any atom is -0.493 e. The van der Waals surface area contributed by atoms with Gasteiger partial charge in [0.05, 0.1) is 12.2 Å². The van der Waals surface area contributed by atoms with Gasteiger partial charge in [0.2, 0.25) is 0 Å². The van der Waals surface area contributed by atoms with Crippen LogP contribution in [0.1, 0.15) is 28.5 Å². The van der Waals surface area contributed by atoms with Crippen LogP contribution in [-0.4, -0.2) is 53.6 Å². The fourth-order valence-corrected chi connectivity index (χ4v) is 3.47. The van der Waals surface area contributed by atoms with Gasteiger partial charge in [0.15, 0.2) is 0 Å². The molecule has 0 spiro atoms. The molecule has 156 valence electrons. The zero-order valence-corrected chi connectivity index (χ0v) is 17.5. The lowest BCUT2D eigenvalue weighted by Crippen LogP contribution is -2.49. The van der Waals surface area contributed by atoms with Crippen molar-refractivity contribution in [2.45, 2.75) is 6.92 Å². The first-order chi connectivity index (χ1) is 15.2. The number of hydrogen-bond acceptors (Lipinski definition) is 5. The Kier molecular flexibility index (Phi) is 6.44. The van der Waals surface area contributed by atoms with Crippen LogP contribution in [0.5, 0.6) is 5.75 Å². The van der Waals surface area contributed by atoms with Gasteiger partial charge in [-0.25, -0.2) is 9.97 Å². The first-order valence-electron chi connectivity index (χ1n) is 10.4. The summed E-state index contributed by atoms with van der Waals surface area (Å²) in [5, 5.41) is 0. The fourth-order valence-electron chi connectivity index (χ4n) is 3.47. The number of benzene rings is 1. The van der Waals surface area contributed by atoms with Crippen LogP contribution in [0, 0.1) is 11.8 Å². The standard InChI is InChI=1S/C25H24N4O2/c1-2-31-23-12-10-21(19-20(23)9-11-22-7-3-5-13-26-22)25(30)29-17-15-28(16-18-29)24-8-4-6-14-27-24/h3-8,10,12-14,19H,2,15-18H2,1H3. The zero-order chi connectivity index (χ0) is 21.5. The summed E-state index contributed by atoms with van der Waals surface area (Å²) in [6.07, 6.45) is 3.50. The second-order valence-electron chi connectivity index (χ2n) is 7.08. The van der Waals surface area contributed by atoms with E-state index in [1.165, 1.54) is 0 Å². The van der Waals surface area contributed by atoms with Gasteiger partial charge in [-0.15, -0.1) is 0 Å². The number of amides is 1. The highest BCUT2D eigenvalue weighted by Crippen LogP contribution is 2.21. The van der Waals surface area contributed by atoms with Gasteiger partial charge in [-0.2, -0.15) is 0 Å². The van der Waals surface area contributed by atoms with Gasteiger partial charge in [-0.3, -0.25) is 4.79 Å². The average molecular weight is 412 g/mol. The third-order valence-corrected chi connectivity index (χ3v) is 5.06. The van der Waals surface area contributed by atoms with Gasteiger partial charge in [-0.05, 0) is 55.3 Å². The Morgan fingerprint density at radius 3 is 2.42 bits per heavy atom. The molecule has 1 fully saturated rings. The highest BCUT2D eigenvalue weighted by atomic mass is 16.5. The molecule has 0 aliphatic carbocycles. The number of carbonyl (C=O) groups excluding carboxylic acids is 1. The van der Waals surface area contributed by atoms with E-state index in [0.717, 1.165) is 18.9 Å². The predicted octanol–water partition coefficient (Wildman–Crippen LogP) is 3.24. The molecule has 3 aromatic rings. The molecule has 0 radical (unpaired) electrons. The summed E-state index contributed by atoms with van der Waals surface area (Å²) in [5.41, 5.74) is 1.97. The van der Waals surface area contributed by atoms with Crippen molar-refractivity contribution in [3.05, 3.63) is 83.8 Å². The molecule has 1 aliphatic heterocycles. The summed E-state index contributed by atoms with van der Waals surface area (Å²) in [6, 6.07) is 16.9. The molecule has 1 amide bonds. The molecule has 1 saturated heterocycles. The molecule has 1 aromatic carbocycles. The van der Waals surface area contributed by atoms with Crippen molar-refractivity contribution in [2.75, 3.05) is 37.7 Å². The maximum Gasteiger partial charge on any atom is 0.254 e. The van der Waals surface area contributed by atoms with Crippen molar-refractivity contribution in [3.8, 4) is 17.6 Å². The number of rotatable bonds is 4. The highest BCUT2D eigenvalue weighted by Gasteiger charge is 2.23. The van der Waals surface area contributed by atoms with Crippen LogP contribution in [0.2, 0.25) is 0 Å². The van der Waals surface area contributed by atoms with Gasteiger partial charge in [0, 0.05) is 44.1 Å². The fraction of sp³-hybridized carbons (Fsp3) is 0.240. The number of piperazine rings is 1. The van der Waals surface area contributed by atoms with Crippen molar-refractivity contribution >= 4 is 11.7 Å². The smallest absolute Gasteiger partial charge is 0.254 e. The highest BCUT2D eigenvalue weighted by molar-refractivity contribution is 5.95. The number of nitrogens with zero attached hydrogens (tertiary/aromatic N) is 4. The van der Waals surface area contributed by atoms with Crippen LogP contribution in [0.3, 0.4) is 0 Å². The van der Waals surface area contributed by atoms with E-state index >= 15 is 0 Å². The summed E-state index contributed by atoms with van der Waals surface area (Å²) in [6.45, 7) is 5.27. The van der Waals surface area contributed by atoms with Crippen molar-refractivity contribution in [3.63, 3.8) is 0 Å². The molecule has 6 heteroatoms. The molecule has 31 heavy (non-hydrogen) atoms. The van der Waals surface area contributed by atoms with Gasteiger partial charge >= 0.3 is 0 Å². The maximum atomic E-state index is 13.1. The predicted molar refractivity (Wildman–Crippen MR) is 120 cm³/mol. The average Bonchev–Trinajstić information content (AvgIpc) is 2.84. The van der Waals surface area contributed by atoms with Crippen LogP contribution in [0.15, 0.2) is 67.0 Å². The Morgan fingerprint density at radius 1 is 0.968 bits per heavy atom. The van der Waals surface area contributed by atoms with Crippen LogP contribution in [0.25, 0.3) is 0 Å². The number of hydrogen-bond donors (Lipinski definition) is 0. The summed E-state index contributed by atoms with van der Waals surface area (Å²) in [7, 11) is 0. The first-order valence-corrected chi connectivity index (χ1v) is 10.4. The Bertz CT molecular complexity index is 1080. The Morgan fingerprint density at radius 2 is 1.74 bits per heavy atom. The van der Waals surface area contributed by atoms with Crippen molar-refractivity contribution in [1.29, 1.82) is 0 Å². The topological polar surface area (TPSA) is 58.6 Å². The number of ether oxygens (including phenoxy) is 1. The van der Waals surface area contributed by atoms with Crippen molar-refractivity contribution < 1.29 is 9.53 Å². The lowest BCUT2D eigenvalue weighted by molar-refractivity contribution is 0.0746. The third kappa shape index (κ3) is 5.01. The van der Waals surface area contributed by atoms with E-state index < -0.39 is 0 Å². The Labute approximate surface area is 182 Å². The van der Waals surface area contributed by atoms with E-state index in [9.17, 15) is 4.79 Å². The van der Waals surface area contributed by atoms with Gasteiger partial charge < -0.3 is 14.5 Å². The second kappa shape index (κ2) is 9.77. The van der Waals surface area contributed by atoms with E-state index in [2.05, 4.69) is 26.7 Å². The molecule has 0 saturated carbocycles. The molecule has 0 bridgehead atoms. The quantitative estimate of drug-likeness (QED) is 0.616.